The molecule has 2 heterocycles. The molecule has 0 radical (unpaired) electrons. The summed E-state index contributed by atoms with van der Waals surface area (Å²) in [4.78, 5) is 17.4. The minimum atomic E-state index is -0.0113. The number of aryl methyl sites for hydroxylation is 1. The van der Waals surface area contributed by atoms with E-state index in [1.807, 2.05) is 17.8 Å². The highest BCUT2D eigenvalue weighted by atomic mass is 16.2. The molecule has 0 spiro atoms. The normalized spacial score (nSPS) is 22.0. The molecular weight excluding hydrogens is 180 g/mol. The standard InChI is InChI=1S/C9H14N4O/c1-12-3-2-11-8(12)6-13-5-7(10)4-9(13)14/h2-3,7H,4-6,10H2,1H3. The third kappa shape index (κ3) is 1.63. The molecule has 1 atom stereocenters. The second kappa shape index (κ2) is 3.42. The van der Waals surface area contributed by atoms with Gasteiger partial charge < -0.3 is 15.2 Å². The van der Waals surface area contributed by atoms with Crippen LogP contribution in [0.25, 0.3) is 0 Å². The lowest BCUT2D eigenvalue weighted by Crippen LogP contribution is -2.28. The van der Waals surface area contributed by atoms with Crippen LogP contribution in [0.3, 0.4) is 0 Å². The van der Waals surface area contributed by atoms with Gasteiger partial charge in [-0.1, -0.05) is 0 Å². The van der Waals surface area contributed by atoms with Crippen molar-refractivity contribution in [2.45, 2.75) is 19.0 Å². The molecule has 1 saturated heterocycles. The van der Waals surface area contributed by atoms with Gasteiger partial charge in [0.1, 0.15) is 5.82 Å². The number of hydrogen-bond donors (Lipinski definition) is 1. The van der Waals surface area contributed by atoms with Gasteiger partial charge in [-0.25, -0.2) is 4.98 Å². The van der Waals surface area contributed by atoms with Gasteiger partial charge in [-0.05, 0) is 0 Å². The third-order valence-corrected chi connectivity index (χ3v) is 2.50. The van der Waals surface area contributed by atoms with E-state index in [0.717, 1.165) is 5.82 Å². The fourth-order valence-electron chi connectivity index (χ4n) is 1.68. The van der Waals surface area contributed by atoms with Gasteiger partial charge in [0.25, 0.3) is 0 Å². The number of rotatable bonds is 2. The van der Waals surface area contributed by atoms with Crippen LogP contribution in [0, 0.1) is 0 Å². The van der Waals surface area contributed by atoms with Crippen molar-refractivity contribution >= 4 is 5.91 Å². The monoisotopic (exact) mass is 194 g/mol. The molecule has 1 aliphatic heterocycles. The number of likely N-dealkylation sites (tertiary alicyclic amines) is 1. The Morgan fingerprint density at radius 2 is 2.50 bits per heavy atom. The first-order valence-electron chi connectivity index (χ1n) is 4.66. The Hall–Kier alpha value is -1.36. The average molecular weight is 194 g/mol. The summed E-state index contributed by atoms with van der Waals surface area (Å²) < 4.78 is 1.91. The van der Waals surface area contributed by atoms with E-state index >= 15 is 0 Å². The van der Waals surface area contributed by atoms with Crippen molar-refractivity contribution in [3.05, 3.63) is 18.2 Å². The molecule has 0 aliphatic carbocycles. The minimum Gasteiger partial charge on any atom is -0.337 e. The van der Waals surface area contributed by atoms with E-state index in [9.17, 15) is 4.79 Å². The Morgan fingerprint density at radius 3 is 3.00 bits per heavy atom. The van der Waals surface area contributed by atoms with Crippen molar-refractivity contribution in [2.24, 2.45) is 12.8 Å². The fourth-order valence-corrected chi connectivity index (χ4v) is 1.68. The number of nitrogens with two attached hydrogens (primary N) is 1. The largest absolute Gasteiger partial charge is 0.337 e. The van der Waals surface area contributed by atoms with E-state index in [2.05, 4.69) is 4.98 Å². The minimum absolute atomic E-state index is 0.0113. The van der Waals surface area contributed by atoms with Crippen molar-refractivity contribution in [3.8, 4) is 0 Å². The van der Waals surface area contributed by atoms with Crippen LogP contribution in [-0.2, 0) is 18.4 Å². The van der Waals surface area contributed by atoms with Crippen LogP contribution in [-0.4, -0.2) is 32.9 Å². The molecule has 0 aromatic carbocycles. The van der Waals surface area contributed by atoms with Gasteiger partial charge in [-0.3, -0.25) is 4.79 Å². The lowest BCUT2D eigenvalue weighted by atomic mass is 10.3. The second-order valence-electron chi connectivity index (χ2n) is 3.69. The van der Waals surface area contributed by atoms with Crippen molar-refractivity contribution in [1.82, 2.24) is 14.5 Å². The molecule has 1 unspecified atom stereocenters. The number of nitrogens with zero attached hydrogens (tertiary/aromatic N) is 3. The zero-order chi connectivity index (χ0) is 10.1. The molecule has 1 fully saturated rings. The molecule has 5 nitrogen and oxygen atoms in total. The van der Waals surface area contributed by atoms with E-state index < -0.39 is 0 Å². The maximum atomic E-state index is 11.4. The van der Waals surface area contributed by atoms with Gasteiger partial charge in [0.2, 0.25) is 5.91 Å². The molecule has 1 aromatic heterocycles. The topological polar surface area (TPSA) is 64.2 Å². The Balaban J connectivity index is 2.05. The summed E-state index contributed by atoms with van der Waals surface area (Å²) in [6, 6.07) is -0.0113. The predicted molar refractivity (Wildman–Crippen MR) is 51.2 cm³/mol. The van der Waals surface area contributed by atoms with Gasteiger partial charge in [0.15, 0.2) is 0 Å². The maximum Gasteiger partial charge on any atom is 0.224 e. The molecule has 0 saturated carbocycles. The number of aromatic nitrogens is 2. The Bertz CT molecular complexity index is 346. The number of imidazole rings is 1. The summed E-state index contributed by atoms with van der Waals surface area (Å²) in [5.74, 6) is 1.02. The molecular formula is C9H14N4O. The maximum absolute atomic E-state index is 11.4. The molecule has 76 valence electrons. The Morgan fingerprint density at radius 1 is 1.71 bits per heavy atom. The summed E-state index contributed by atoms with van der Waals surface area (Å²) >= 11 is 0. The molecule has 0 bridgehead atoms. The lowest BCUT2D eigenvalue weighted by Gasteiger charge is -2.15. The highest BCUT2D eigenvalue weighted by Gasteiger charge is 2.27. The first kappa shape index (κ1) is 9.21. The molecule has 1 aliphatic rings. The van der Waals surface area contributed by atoms with Gasteiger partial charge >= 0.3 is 0 Å². The van der Waals surface area contributed by atoms with Crippen LogP contribution < -0.4 is 5.73 Å². The number of carbonyl (C=O) groups excluding carboxylic acids is 1. The fraction of sp³-hybridized carbons (Fsp3) is 0.556. The summed E-state index contributed by atoms with van der Waals surface area (Å²) in [6.45, 7) is 1.21. The average Bonchev–Trinajstić information content (AvgIpc) is 2.62. The van der Waals surface area contributed by atoms with Gasteiger partial charge in [0, 0.05) is 38.4 Å². The van der Waals surface area contributed by atoms with Crippen LogP contribution in [0.5, 0.6) is 0 Å². The number of amides is 1. The highest BCUT2D eigenvalue weighted by molar-refractivity contribution is 5.79. The molecule has 2 rings (SSSR count). The van der Waals surface area contributed by atoms with E-state index in [4.69, 9.17) is 5.73 Å². The molecule has 14 heavy (non-hydrogen) atoms. The molecule has 1 aromatic rings. The Kier molecular flexibility index (Phi) is 2.25. The molecule has 1 amide bonds. The van der Waals surface area contributed by atoms with Crippen molar-refractivity contribution in [2.75, 3.05) is 6.54 Å². The lowest BCUT2D eigenvalue weighted by molar-refractivity contribution is -0.128. The molecule has 5 heteroatoms. The van der Waals surface area contributed by atoms with E-state index in [1.54, 1.807) is 11.1 Å². The predicted octanol–water partition coefficient (Wildman–Crippen LogP) is -0.520. The molecule has 2 N–H and O–H groups in total. The van der Waals surface area contributed by atoms with Crippen molar-refractivity contribution < 1.29 is 4.79 Å². The van der Waals surface area contributed by atoms with Gasteiger partial charge in [0.05, 0.1) is 6.54 Å². The summed E-state index contributed by atoms with van der Waals surface area (Å²) in [5, 5.41) is 0. The summed E-state index contributed by atoms with van der Waals surface area (Å²) in [5.41, 5.74) is 5.69. The summed E-state index contributed by atoms with van der Waals surface area (Å²) in [6.07, 6.45) is 4.07. The van der Waals surface area contributed by atoms with E-state index in [1.165, 1.54) is 0 Å². The van der Waals surface area contributed by atoms with Crippen LogP contribution in [0.4, 0.5) is 0 Å². The first-order valence-corrected chi connectivity index (χ1v) is 4.66. The third-order valence-electron chi connectivity index (χ3n) is 2.50. The van der Waals surface area contributed by atoms with E-state index in [-0.39, 0.29) is 11.9 Å². The van der Waals surface area contributed by atoms with Crippen LogP contribution >= 0.6 is 0 Å². The van der Waals surface area contributed by atoms with Crippen LogP contribution in [0.1, 0.15) is 12.2 Å². The van der Waals surface area contributed by atoms with Gasteiger partial charge in [-0.15, -0.1) is 0 Å². The van der Waals surface area contributed by atoms with Crippen LogP contribution in [0.2, 0.25) is 0 Å². The zero-order valence-electron chi connectivity index (χ0n) is 8.18. The van der Waals surface area contributed by atoms with Gasteiger partial charge in [-0.2, -0.15) is 0 Å². The SMILES string of the molecule is Cn1ccnc1CN1CC(N)CC1=O. The number of hydrogen-bond acceptors (Lipinski definition) is 3. The summed E-state index contributed by atoms with van der Waals surface area (Å²) in [7, 11) is 1.92. The quantitative estimate of drug-likeness (QED) is 0.689. The number of carbonyl (C=O) groups is 1. The van der Waals surface area contributed by atoms with Crippen LogP contribution in [0.15, 0.2) is 12.4 Å². The highest BCUT2D eigenvalue weighted by Crippen LogP contribution is 2.12. The van der Waals surface area contributed by atoms with Crippen molar-refractivity contribution in [1.29, 1.82) is 0 Å². The van der Waals surface area contributed by atoms with E-state index in [0.29, 0.717) is 19.5 Å². The second-order valence-corrected chi connectivity index (χ2v) is 3.69. The van der Waals surface area contributed by atoms with Crippen molar-refractivity contribution in [3.63, 3.8) is 0 Å². The first-order chi connectivity index (χ1) is 6.66. The zero-order valence-corrected chi connectivity index (χ0v) is 8.18. The Labute approximate surface area is 82.5 Å². The smallest absolute Gasteiger partial charge is 0.224 e.